The number of carbonyl (C=O) groups excluding carboxylic acids is 9. The molecule has 23 heteroatoms. The number of fused-ring (bicyclic) bond motifs is 1. The zero-order valence-electron chi connectivity index (χ0n) is 34.0. The van der Waals surface area contributed by atoms with E-state index in [-0.39, 0.29) is 55.7 Å². The maximum Gasteiger partial charge on any atom is 0.315 e. The van der Waals surface area contributed by atoms with Gasteiger partial charge >= 0.3 is 12.0 Å². The van der Waals surface area contributed by atoms with Crippen LogP contribution >= 0.6 is 11.8 Å². The molecule has 3 aliphatic heterocycles. The van der Waals surface area contributed by atoms with Crippen molar-refractivity contribution >= 4 is 71.0 Å². The molecule has 0 aliphatic carbocycles. The van der Waals surface area contributed by atoms with Gasteiger partial charge < -0.3 is 53.0 Å². The van der Waals surface area contributed by atoms with E-state index in [0.29, 0.717) is 37.5 Å². The van der Waals surface area contributed by atoms with Crippen molar-refractivity contribution in [1.29, 1.82) is 0 Å². The van der Waals surface area contributed by atoms with Crippen LogP contribution in [0.15, 0.2) is 0 Å². The number of nitrogens with zero attached hydrogens (tertiary/aromatic N) is 1. The van der Waals surface area contributed by atoms with E-state index in [1.165, 1.54) is 5.48 Å². The smallest absolute Gasteiger partial charge is 0.315 e. The van der Waals surface area contributed by atoms with Crippen LogP contribution in [-0.4, -0.2) is 142 Å². The second-order valence-electron chi connectivity index (χ2n) is 15.6. The van der Waals surface area contributed by atoms with E-state index in [1.807, 2.05) is 11.8 Å². The molecule has 3 saturated heterocycles. The van der Waals surface area contributed by atoms with Gasteiger partial charge in [0, 0.05) is 42.9 Å². The molecule has 3 aliphatic rings. The zero-order valence-corrected chi connectivity index (χ0v) is 34.9. The van der Waals surface area contributed by atoms with Gasteiger partial charge in [-0.3, -0.25) is 48.4 Å². The summed E-state index contributed by atoms with van der Waals surface area (Å²) < 4.78 is 0. The molecule has 0 bridgehead atoms. The van der Waals surface area contributed by atoms with E-state index >= 15 is 0 Å². The molecular weight excluding hydrogens is 809 g/mol. The van der Waals surface area contributed by atoms with E-state index < -0.39 is 97.3 Å². The summed E-state index contributed by atoms with van der Waals surface area (Å²) in [6.45, 7) is 2.91. The van der Waals surface area contributed by atoms with Gasteiger partial charge in [0.15, 0.2) is 0 Å². The number of nitrogens with one attached hydrogen (secondary N) is 8. The summed E-state index contributed by atoms with van der Waals surface area (Å²) in [4.78, 5) is 125. The number of hydrogen-bond donors (Lipinski definition) is 11. The first-order chi connectivity index (χ1) is 28.5. The van der Waals surface area contributed by atoms with Gasteiger partial charge in [-0.2, -0.15) is 11.8 Å². The normalized spacial score (nSPS) is 20.7. The summed E-state index contributed by atoms with van der Waals surface area (Å²) in [6, 6.07) is -3.52. The largest absolute Gasteiger partial charge is 0.481 e. The molecule has 0 aromatic rings. The van der Waals surface area contributed by atoms with Crippen LogP contribution in [0.3, 0.4) is 0 Å². The van der Waals surface area contributed by atoms with Crippen LogP contribution in [0.4, 0.5) is 4.79 Å². The number of urea groups is 1. The molecule has 336 valence electrons. The Balaban J connectivity index is 1.35. The summed E-state index contributed by atoms with van der Waals surface area (Å²) in [5, 5.41) is 37.0. The van der Waals surface area contributed by atoms with Crippen LogP contribution in [0, 0.1) is 11.8 Å². The lowest BCUT2D eigenvalue weighted by Gasteiger charge is -2.29. The minimum Gasteiger partial charge on any atom is -0.481 e. The highest BCUT2D eigenvalue weighted by atomic mass is 32.2. The summed E-state index contributed by atoms with van der Waals surface area (Å²) >= 11 is 1.83. The number of hydroxylamine groups is 1. The molecule has 12 N–H and O–H groups in total. The lowest BCUT2D eigenvalue weighted by Crippen LogP contribution is -2.55. The predicted molar refractivity (Wildman–Crippen MR) is 214 cm³/mol. The first-order valence-electron chi connectivity index (χ1n) is 20.3. The number of thioether (sulfide) groups is 1. The molecule has 3 heterocycles. The number of carbonyl (C=O) groups is 10. The van der Waals surface area contributed by atoms with Gasteiger partial charge in [0.25, 0.3) is 0 Å². The van der Waals surface area contributed by atoms with E-state index in [4.69, 9.17) is 10.9 Å². The molecule has 0 radical (unpaired) electrons. The monoisotopic (exact) mass is 868 g/mol. The van der Waals surface area contributed by atoms with E-state index in [9.17, 15) is 53.1 Å². The van der Waals surface area contributed by atoms with E-state index in [1.54, 1.807) is 13.8 Å². The second kappa shape index (κ2) is 24.8. The van der Waals surface area contributed by atoms with Crippen molar-refractivity contribution in [2.45, 2.75) is 126 Å². The van der Waals surface area contributed by atoms with E-state index in [0.717, 1.165) is 29.9 Å². The van der Waals surface area contributed by atoms with Crippen molar-refractivity contribution in [2.75, 3.05) is 31.9 Å². The quantitative estimate of drug-likeness (QED) is 0.0189. The Morgan fingerprint density at radius 3 is 2.28 bits per heavy atom. The fourth-order valence-corrected chi connectivity index (χ4v) is 8.95. The summed E-state index contributed by atoms with van der Waals surface area (Å²) in [5.74, 6) is -7.07. The Morgan fingerprint density at radius 2 is 1.60 bits per heavy atom. The van der Waals surface area contributed by atoms with E-state index in [2.05, 4.69) is 37.2 Å². The molecule has 0 aromatic heterocycles. The maximum atomic E-state index is 13.5. The highest BCUT2D eigenvalue weighted by molar-refractivity contribution is 8.00. The molecule has 60 heavy (non-hydrogen) atoms. The molecule has 0 saturated carbocycles. The molecule has 0 aromatic carbocycles. The Kier molecular flexibility index (Phi) is 20.3. The van der Waals surface area contributed by atoms with Crippen LogP contribution in [0.25, 0.3) is 0 Å². The van der Waals surface area contributed by atoms with Crippen LogP contribution in [-0.2, 0) is 43.2 Å². The SMILES string of the molecule is CC(C)CC(CC(=O)NO)C(=O)N[C@@H](CC(=O)O)C(=O)N1CCC[C@H]1C(=O)NCC(=O)NCC(=O)N[C@@H](CCCCNC(=O)CCCC[C@@H]1SC[C@@H]2NC(=O)N[C@@H]21)C(N)=O. The van der Waals surface area contributed by atoms with Gasteiger partial charge in [0.1, 0.15) is 18.1 Å². The highest BCUT2D eigenvalue weighted by Gasteiger charge is 2.43. The number of amides is 10. The van der Waals surface area contributed by atoms with Gasteiger partial charge in [-0.15, -0.1) is 0 Å². The molecular formula is C37H60N10O12S. The van der Waals surface area contributed by atoms with Gasteiger partial charge in [0.05, 0.1) is 31.6 Å². The molecule has 7 atom stereocenters. The van der Waals surface area contributed by atoms with Crippen LogP contribution in [0.2, 0.25) is 0 Å². The van der Waals surface area contributed by atoms with Crippen molar-refractivity contribution < 1.29 is 58.3 Å². The van der Waals surface area contributed by atoms with Gasteiger partial charge in [-0.25, -0.2) is 10.3 Å². The topological polar surface area (TPSA) is 337 Å². The predicted octanol–water partition coefficient (Wildman–Crippen LogP) is -2.29. The van der Waals surface area contributed by atoms with Crippen molar-refractivity contribution in [1.82, 2.24) is 47.6 Å². The number of rotatable bonds is 26. The number of primary amides is 1. The third-order valence-electron chi connectivity index (χ3n) is 10.4. The zero-order chi connectivity index (χ0) is 44.4. The van der Waals surface area contributed by atoms with Crippen molar-refractivity contribution in [2.24, 2.45) is 17.6 Å². The Bertz CT molecular complexity index is 1580. The average Bonchev–Trinajstić information content (AvgIpc) is 3.92. The first kappa shape index (κ1) is 49.2. The molecule has 10 amide bonds. The maximum absolute atomic E-state index is 13.5. The van der Waals surface area contributed by atoms with Gasteiger partial charge in [-0.05, 0) is 57.3 Å². The molecule has 3 fully saturated rings. The number of nitrogens with two attached hydrogens (primary N) is 1. The minimum absolute atomic E-state index is 0.0602. The van der Waals surface area contributed by atoms with Gasteiger partial charge in [0.2, 0.25) is 47.3 Å². The number of hydrogen-bond acceptors (Lipinski definition) is 12. The Labute approximate surface area is 352 Å². The van der Waals surface area contributed by atoms with Gasteiger partial charge in [-0.1, -0.05) is 20.3 Å². The lowest BCUT2D eigenvalue weighted by molar-refractivity contribution is -0.146. The Morgan fingerprint density at radius 1 is 0.867 bits per heavy atom. The fraction of sp³-hybridized carbons (Fsp3) is 0.730. The number of likely N-dealkylation sites (tertiary alicyclic amines) is 1. The third kappa shape index (κ3) is 16.5. The molecule has 0 spiro atoms. The molecule has 22 nitrogen and oxygen atoms in total. The first-order valence-corrected chi connectivity index (χ1v) is 21.4. The Hall–Kier alpha value is -5.19. The number of carboxylic acids is 1. The second-order valence-corrected chi connectivity index (χ2v) is 16.9. The molecule has 3 rings (SSSR count). The number of carboxylic acid groups (broad SMARTS) is 1. The molecule has 1 unspecified atom stereocenters. The number of aliphatic carboxylic acids is 1. The minimum atomic E-state index is -1.57. The highest BCUT2D eigenvalue weighted by Crippen LogP contribution is 2.33. The van der Waals surface area contributed by atoms with Crippen molar-refractivity contribution in [3.05, 3.63) is 0 Å². The van der Waals surface area contributed by atoms with Crippen molar-refractivity contribution in [3.8, 4) is 0 Å². The lowest BCUT2D eigenvalue weighted by atomic mass is 9.92. The summed E-state index contributed by atoms with van der Waals surface area (Å²) in [7, 11) is 0. The number of unbranched alkanes of at least 4 members (excludes halogenated alkanes) is 2. The summed E-state index contributed by atoms with van der Waals surface area (Å²) in [5.41, 5.74) is 6.91. The summed E-state index contributed by atoms with van der Waals surface area (Å²) in [6.07, 6.45) is 3.59. The van der Waals surface area contributed by atoms with Crippen LogP contribution < -0.4 is 48.4 Å². The van der Waals surface area contributed by atoms with Crippen LogP contribution in [0.5, 0.6) is 0 Å². The standard InChI is InChI=1S/C37H60N10O12S/c1-20(2)14-21(15-28(49)46-59)34(55)43-23(16-31(52)53)36(57)47-13-7-9-25(47)35(56)41-17-29(50)40-18-30(51)42-22(33(38)54)8-5-6-12-39-27(48)11-4-3-10-26-32-24(19-60-26)44-37(58)45-32/h20-26,32,59H,3-19H2,1-2H3,(H2,38,54)(H,39,48)(H,40,50)(H,41,56)(H,42,51)(H,43,55)(H,46,49)(H,52,53)(H2,44,45,58)/t21?,22-,23-,24-,25-,26-,32-/m0/s1. The van der Waals surface area contributed by atoms with Crippen LogP contribution in [0.1, 0.15) is 90.9 Å². The average molecular weight is 869 g/mol. The van der Waals surface area contributed by atoms with Crippen molar-refractivity contribution in [3.63, 3.8) is 0 Å². The fourth-order valence-electron chi connectivity index (χ4n) is 7.41. The third-order valence-corrected chi connectivity index (χ3v) is 11.9.